The van der Waals surface area contributed by atoms with Crippen LogP contribution in [0.15, 0.2) is 29.2 Å². The molecule has 0 unspecified atom stereocenters. The minimum atomic E-state index is -4.02. The van der Waals surface area contributed by atoms with Gasteiger partial charge in [-0.2, -0.15) is 8.42 Å². The molecule has 1 spiro atoms. The quantitative estimate of drug-likeness (QED) is 0.545. The van der Waals surface area contributed by atoms with Gasteiger partial charge in [0.25, 0.3) is 10.1 Å². The molecule has 1 saturated carbocycles. The number of cyclic esters (lactones) is 1. The number of esters is 1. The number of rotatable bonds is 5. The van der Waals surface area contributed by atoms with Crippen LogP contribution >= 0.6 is 0 Å². The van der Waals surface area contributed by atoms with E-state index >= 15 is 0 Å². The molecule has 0 radical (unpaired) electrons. The van der Waals surface area contributed by atoms with Crippen molar-refractivity contribution in [3.05, 3.63) is 29.8 Å². The summed E-state index contributed by atoms with van der Waals surface area (Å²) >= 11 is 0. The lowest BCUT2D eigenvalue weighted by Crippen LogP contribution is -2.33. The maximum atomic E-state index is 12.4. The predicted octanol–water partition coefficient (Wildman–Crippen LogP) is 2.85. The average Bonchev–Trinajstić information content (AvgIpc) is 3.19. The molecule has 28 heavy (non-hydrogen) atoms. The van der Waals surface area contributed by atoms with E-state index in [1.54, 1.807) is 12.1 Å². The van der Waals surface area contributed by atoms with Gasteiger partial charge in [-0.05, 0) is 31.9 Å². The van der Waals surface area contributed by atoms with Gasteiger partial charge in [-0.1, -0.05) is 24.1 Å². The molecule has 0 N–H and O–H groups in total. The largest absolute Gasteiger partial charge is 0.460 e. The molecule has 0 bridgehead atoms. The van der Waals surface area contributed by atoms with Crippen molar-refractivity contribution in [1.29, 1.82) is 0 Å². The van der Waals surface area contributed by atoms with Gasteiger partial charge >= 0.3 is 5.97 Å². The third-order valence-electron chi connectivity index (χ3n) is 5.63. The Balaban J connectivity index is 1.33. The summed E-state index contributed by atoms with van der Waals surface area (Å²) < 4.78 is 47.4. The third kappa shape index (κ3) is 4.25. The average molecular weight is 410 g/mol. The van der Waals surface area contributed by atoms with E-state index in [9.17, 15) is 13.2 Å². The van der Waals surface area contributed by atoms with Crippen molar-refractivity contribution in [2.45, 2.75) is 80.9 Å². The van der Waals surface area contributed by atoms with Crippen molar-refractivity contribution in [1.82, 2.24) is 0 Å². The van der Waals surface area contributed by atoms with E-state index in [4.69, 9.17) is 18.4 Å². The predicted molar refractivity (Wildman–Crippen MR) is 99.0 cm³/mol. The van der Waals surface area contributed by atoms with Crippen molar-refractivity contribution in [2.24, 2.45) is 0 Å². The molecule has 3 fully saturated rings. The van der Waals surface area contributed by atoms with Crippen LogP contribution in [0.1, 0.15) is 50.5 Å². The van der Waals surface area contributed by atoms with Crippen LogP contribution in [0.4, 0.5) is 0 Å². The van der Waals surface area contributed by atoms with E-state index < -0.39 is 34.1 Å². The van der Waals surface area contributed by atoms with Gasteiger partial charge in [0.1, 0.15) is 6.10 Å². The Morgan fingerprint density at radius 3 is 2.54 bits per heavy atom. The highest BCUT2D eigenvalue weighted by Gasteiger charge is 2.45. The van der Waals surface area contributed by atoms with E-state index in [0.29, 0.717) is 13.0 Å². The fourth-order valence-electron chi connectivity index (χ4n) is 4.14. The molecular formula is C20H26O7S. The summed E-state index contributed by atoms with van der Waals surface area (Å²) in [5, 5.41) is 0. The summed E-state index contributed by atoms with van der Waals surface area (Å²) in [5.74, 6) is -1.12. The topological polar surface area (TPSA) is 88.1 Å². The third-order valence-corrected chi connectivity index (χ3v) is 6.97. The minimum Gasteiger partial charge on any atom is -0.460 e. The number of benzene rings is 1. The highest BCUT2D eigenvalue weighted by molar-refractivity contribution is 7.86. The summed E-state index contributed by atoms with van der Waals surface area (Å²) in [6, 6.07) is 6.31. The van der Waals surface area contributed by atoms with Crippen LogP contribution in [-0.2, 0) is 33.3 Å². The highest BCUT2D eigenvalue weighted by atomic mass is 32.2. The van der Waals surface area contributed by atoms with Crippen LogP contribution in [0.25, 0.3) is 0 Å². The van der Waals surface area contributed by atoms with Crippen LogP contribution in [0, 0.1) is 6.92 Å². The molecule has 2 heterocycles. The van der Waals surface area contributed by atoms with E-state index in [1.165, 1.54) is 18.6 Å². The van der Waals surface area contributed by atoms with Crippen molar-refractivity contribution < 1.29 is 31.6 Å². The van der Waals surface area contributed by atoms with Gasteiger partial charge in [0, 0.05) is 25.7 Å². The van der Waals surface area contributed by atoms with Gasteiger partial charge in [-0.25, -0.2) is 4.79 Å². The molecule has 4 rings (SSSR count). The second-order valence-electron chi connectivity index (χ2n) is 7.90. The monoisotopic (exact) mass is 410 g/mol. The van der Waals surface area contributed by atoms with Crippen LogP contribution in [0.2, 0.25) is 0 Å². The molecule has 2 aliphatic heterocycles. The van der Waals surface area contributed by atoms with E-state index in [-0.39, 0.29) is 17.4 Å². The standard InChI is InChI=1S/C20H26O7S/c1-14-5-7-17(8-6-14)28(22,23)27-18-12-15(25-19(18)21)11-16-13-24-20(26-16)9-3-2-4-10-20/h5-8,15-16,18H,2-4,9-13H2,1H3/t15-,16-,18+/m0/s1. The van der Waals surface area contributed by atoms with Gasteiger partial charge in [-0.3, -0.25) is 4.18 Å². The normalized spacial score (nSPS) is 29.9. The molecule has 3 atom stereocenters. The van der Waals surface area contributed by atoms with Crippen molar-refractivity contribution in [3.8, 4) is 0 Å². The fraction of sp³-hybridized carbons (Fsp3) is 0.650. The highest BCUT2D eigenvalue weighted by Crippen LogP contribution is 2.39. The molecule has 154 valence electrons. The lowest BCUT2D eigenvalue weighted by atomic mass is 9.94. The van der Waals surface area contributed by atoms with Crippen molar-refractivity contribution >= 4 is 16.1 Å². The molecular weight excluding hydrogens is 384 g/mol. The number of hydrogen-bond acceptors (Lipinski definition) is 7. The fourth-order valence-corrected chi connectivity index (χ4v) is 5.18. The first-order valence-electron chi connectivity index (χ1n) is 9.87. The molecule has 7 nitrogen and oxygen atoms in total. The van der Waals surface area contributed by atoms with Crippen molar-refractivity contribution in [3.63, 3.8) is 0 Å². The number of ether oxygens (including phenoxy) is 3. The molecule has 2 saturated heterocycles. The summed E-state index contributed by atoms with van der Waals surface area (Å²) in [7, 11) is -4.02. The van der Waals surface area contributed by atoms with Crippen LogP contribution in [0.5, 0.6) is 0 Å². The van der Waals surface area contributed by atoms with E-state index in [1.807, 2.05) is 6.92 Å². The maximum absolute atomic E-state index is 12.4. The first-order valence-corrected chi connectivity index (χ1v) is 11.3. The molecule has 1 aromatic carbocycles. The van der Waals surface area contributed by atoms with Gasteiger partial charge in [-0.15, -0.1) is 0 Å². The Hall–Kier alpha value is -1.48. The Morgan fingerprint density at radius 1 is 1.11 bits per heavy atom. The second-order valence-corrected chi connectivity index (χ2v) is 9.48. The summed E-state index contributed by atoms with van der Waals surface area (Å²) in [6.45, 7) is 2.34. The molecule has 1 aromatic rings. The Bertz CT molecular complexity index is 811. The zero-order chi connectivity index (χ0) is 19.8. The molecule has 3 aliphatic rings. The molecule has 0 aromatic heterocycles. The molecule has 1 aliphatic carbocycles. The first-order chi connectivity index (χ1) is 13.4. The number of carbonyl (C=O) groups is 1. The molecule has 0 amide bonds. The van der Waals surface area contributed by atoms with Crippen LogP contribution in [-0.4, -0.2) is 45.1 Å². The van der Waals surface area contributed by atoms with E-state index in [0.717, 1.165) is 31.2 Å². The zero-order valence-corrected chi connectivity index (χ0v) is 16.8. The lowest BCUT2D eigenvalue weighted by Gasteiger charge is -2.31. The van der Waals surface area contributed by atoms with Crippen LogP contribution < -0.4 is 0 Å². The van der Waals surface area contributed by atoms with E-state index in [2.05, 4.69) is 0 Å². The minimum absolute atomic E-state index is 0.0288. The smallest absolute Gasteiger partial charge is 0.337 e. The van der Waals surface area contributed by atoms with Gasteiger partial charge in [0.05, 0.1) is 17.6 Å². The second kappa shape index (κ2) is 7.74. The van der Waals surface area contributed by atoms with Crippen molar-refractivity contribution in [2.75, 3.05) is 6.61 Å². The SMILES string of the molecule is Cc1ccc(S(=O)(=O)O[C@@H]2C[C@H](C[C@H]3COC4(CCCCC4)O3)OC2=O)cc1. The Labute approximate surface area is 165 Å². The molecule has 8 heteroatoms. The number of aryl methyl sites for hydroxylation is 1. The van der Waals surface area contributed by atoms with Gasteiger partial charge < -0.3 is 14.2 Å². The lowest BCUT2D eigenvalue weighted by molar-refractivity contribution is -0.189. The zero-order valence-electron chi connectivity index (χ0n) is 16.0. The van der Waals surface area contributed by atoms with Crippen LogP contribution in [0.3, 0.4) is 0 Å². The number of hydrogen-bond donors (Lipinski definition) is 0. The maximum Gasteiger partial charge on any atom is 0.337 e. The summed E-state index contributed by atoms with van der Waals surface area (Å²) in [4.78, 5) is 12.2. The Kier molecular flexibility index (Phi) is 5.48. The number of carbonyl (C=O) groups excluding carboxylic acids is 1. The Morgan fingerprint density at radius 2 is 1.82 bits per heavy atom. The first kappa shape index (κ1) is 19.8. The summed E-state index contributed by atoms with van der Waals surface area (Å²) in [6.07, 6.45) is 4.16. The van der Waals surface area contributed by atoms with Gasteiger partial charge in [0.15, 0.2) is 11.9 Å². The summed E-state index contributed by atoms with van der Waals surface area (Å²) in [5.41, 5.74) is 0.939. The van der Waals surface area contributed by atoms with Gasteiger partial charge in [0.2, 0.25) is 0 Å².